The van der Waals surface area contributed by atoms with E-state index in [2.05, 4.69) is 29.7 Å². The van der Waals surface area contributed by atoms with Gasteiger partial charge in [0.25, 0.3) is 0 Å². The van der Waals surface area contributed by atoms with Crippen LogP contribution in [0.3, 0.4) is 0 Å². The quantitative estimate of drug-likeness (QED) is 0.585. The molecule has 2 N–H and O–H groups in total. The fourth-order valence-corrected chi connectivity index (χ4v) is 2.20. The SMILES string of the molecule is CC(C)c1ccc(C=NNC(=O)CCC(=O)Nc2ccccc2F)cc1. The first-order valence-electron chi connectivity index (χ1n) is 8.42. The van der Waals surface area contributed by atoms with Gasteiger partial charge in [-0.3, -0.25) is 9.59 Å². The van der Waals surface area contributed by atoms with Gasteiger partial charge in [-0.1, -0.05) is 50.2 Å². The highest BCUT2D eigenvalue weighted by atomic mass is 19.1. The Hall–Kier alpha value is -3.02. The van der Waals surface area contributed by atoms with Crippen LogP contribution in [0.2, 0.25) is 0 Å². The highest BCUT2D eigenvalue weighted by Gasteiger charge is 2.08. The smallest absolute Gasteiger partial charge is 0.240 e. The molecular formula is C20H22FN3O2. The summed E-state index contributed by atoms with van der Waals surface area (Å²) in [5.41, 5.74) is 4.57. The fraction of sp³-hybridized carbons (Fsp3) is 0.250. The van der Waals surface area contributed by atoms with E-state index in [1.165, 1.54) is 23.8 Å². The number of hydrogen-bond acceptors (Lipinski definition) is 3. The van der Waals surface area contributed by atoms with E-state index in [-0.39, 0.29) is 24.4 Å². The molecule has 0 atom stereocenters. The van der Waals surface area contributed by atoms with Crippen LogP contribution in [0.1, 0.15) is 43.7 Å². The number of anilines is 1. The van der Waals surface area contributed by atoms with Gasteiger partial charge < -0.3 is 5.32 Å². The number of hydrazone groups is 1. The predicted octanol–water partition coefficient (Wildman–Crippen LogP) is 3.82. The molecule has 136 valence electrons. The Morgan fingerprint density at radius 1 is 1.04 bits per heavy atom. The number of rotatable bonds is 7. The molecule has 0 aromatic heterocycles. The first kappa shape index (κ1) is 19.3. The minimum absolute atomic E-state index is 0.0378. The largest absolute Gasteiger partial charge is 0.324 e. The molecule has 0 saturated carbocycles. The number of nitrogens with zero attached hydrogens (tertiary/aromatic N) is 1. The third-order valence-electron chi connectivity index (χ3n) is 3.73. The van der Waals surface area contributed by atoms with Crippen molar-refractivity contribution < 1.29 is 14.0 Å². The summed E-state index contributed by atoms with van der Waals surface area (Å²) in [4.78, 5) is 23.5. The first-order chi connectivity index (χ1) is 12.5. The third-order valence-corrected chi connectivity index (χ3v) is 3.73. The van der Waals surface area contributed by atoms with Crippen LogP contribution < -0.4 is 10.7 Å². The van der Waals surface area contributed by atoms with Crippen LogP contribution in [0.15, 0.2) is 53.6 Å². The Kier molecular flexibility index (Phi) is 7.02. The van der Waals surface area contributed by atoms with E-state index >= 15 is 0 Å². The van der Waals surface area contributed by atoms with E-state index in [4.69, 9.17) is 0 Å². The van der Waals surface area contributed by atoms with Crippen LogP contribution in [0, 0.1) is 5.82 Å². The minimum atomic E-state index is -0.515. The lowest BCUT2D eigenvalue weighted by molar-refractivity contribution is -0.124. The molecule has 0 heterocycles. The van der Waals surface area contributed by atoms with Gasteiger partial charge in [0.2, 0.25) is 11.8 Å². The highest BCUT2D eigenvalue weighted by Crippen LogP contribution is 2.14. The zero-order valence-corrected chi connectivity index (χ0v) is 14.8. The average Bonchev–Trinajstić information content (AvgIpc) is 2.62. The molecular weight excluding hydrogens is 333 g/mol. The molecule has 0 aliphatic carbocycles. The van der Waals surface area contributed by atoms with Gasteiger partial charge in [0.1, 0.15) is 5.82 Å². The predicted molar refractivity (Wildman–Crippen MR) is 101 cm³/mol. The number of hydrogen-bond donors (Lipinski definition) is 2. The van der Waals surface area contributed by atoms with Crippen molar-refractivity contribution in [3.8, 4) is 0 Å². The van der Waals surface area contributed by atoms with Crippen molar-refractivity contribution in [2.24, 2.45) is 5.10 Å². The minimum Gasteiger partial charge on any atom is -0.324 e. The van der Waals surface area contributed by atoms with Crippen molar-refractivity contribution >= 4 is 23.7 Å². The van der Waals surface area contributed by atoms with Crippen LogP contribution in [0.25, 0.3) is 0 Å². The van der Waals surface area contributed by atoms with E-state index in [1.807, 2.05) is 24.3 Å². The van der Waals surface area contributed by atoms with Crippen molar-refractivity contribution in [1.29, 1.82) is 0 Å². The topological polar surface area (TPSA) is 70.6 Å². The van der Waals surface area contributed by atoms with Gasteiger partial charge in [-0.2, -0.15) is 5.10 Å². The average molecular weight is 355 g/mol. The summed E-state index contributed by atoms with van der Waals surface area (Å²) in [6, 6.07) is 13.7. The number of carbonyl (C=O) groups is 2. The zero-order valence-electron chi connectivity index (χ0n) is 14.8. The van der Waals surface area contributed by atoms with Gasteiger partial charge in [-0.05, 0) is 29.2 Å². The highest BCUT2D eigenvalue weighted by molar-refractivity contribution is 5.93. The molecule has 2 amide bonds. The lowest BCUT2D eigenvalue weighted by Crippen LogP contribution is -2.20. The van der Waals surface area contributed by atoms with Crippen LogP contribution >= 0.6 is 0 Å². The van der Waals surface area contributed by atoms with Gasteiger partial charge in [-0.25, -0.2) is 9.82 Å². The number of benzene rings is 2. The summed E-state index contributed by atoms with van der Waals surface area (Å²) in [5.74, 6) is -0.878. The second-order valence-electron chi connectivity index (χ2n) is 6.14. The fourth-order valence-electron chi connectivity index (χ4n) is 2.20. The normalized spacial score (nSPS) is 10.9. The standard InChI is InChI=1S/C20H22FN3O2/c1-14(2)16-9-7-15(8-10-16)13-22-24-20(26)12-11-19(25)23-18-6-4-3-5-17(18)21/h3-10,13-14H,11-12H2,1-2H3,(H,23,25)(H,24,26). The van der Waals surface area contributed by atoms with Crippen molar-refractivity contribution in [3.05, 3.63) is 65.5 Å². The second-order valence-corrected chi connectivity index (χ2v) is 6.14. The molecule has 6 heteroatoms. The maximum atomic E-state index is 13.4. The Morgan fingerprint density at radius 2 is 1.69 bits per heavy atom. The lowest BCUT2D eigenvalue weighted by atomic mass is 10.0. The number of nitrogens with one attached hydrogen (secondary N) is 2. The summed E-state index contributed by atoms with van der Waals surface area (Å²) >= 11 is 0. The summed E-state index contributed by atoms with van der Waals surface area (Å²) in [7, 11) is 0. The first-order valence-corrected chi connectivity index (χ1v) is 8.42. The molecule has 0 unspecified atom stereocenters. The number of halogens is 1. The summed E-state index contributed by atoms with van der Waals surface area (Å²) in [6.07, 6.45) is 1.45. The number of carbonyl (C=O) groups excluding carboxylic acids is 2. The number of para-hydroxylation sites is 1. The van der Waals surface area contributed by atoms with Crippen molar-refractivity contribution in [2.45, 2.75) is 32.6 Å². The van der Waals surface area contributed by atoms with Crippen LogP contribution in [-0.4, -0.2) is 18.0 Å². The summed E-state index contributed by atoms with van der Waals surface area (Å²) in [5, 5.41) is 6.31. The third kappa shape index (κ3) is 6.12. The maximum absolute atomic E-state index is 13.4. The van der Waals surface area contributed by atoms with E-state index < -0.39 is 11.7 Å². The molecule has 2 aromatic carbocycles. The van der Waals surface area contributed by atoms with Crippen LogP contribution in [-0.2, 0) is 9.59 Å². The van der Waals surface area contributed by atoms with Gasteiger partial charge in [0.05, 0.1) is 11.9 Å². The molecule has 0 bridgehead atoms. The van der Waals surface area contributed by atoms with E-state index in [1.54, 1.807) is 12.3 Å². The molecule has 0 aliphatic heterocycles. The second kappa shape index (κ2) is 9.46. The molecule has 0 saturated heterocycles. The molecule has 0 radical (unpaired) electrons. The van der Waals surface area contributed by atoms with Crippen LogP contribution in [0.4, 0.5) is 10.1 Å². The summed E-state index contributed by atoms with van der Waals surface area (Å²) in [6.45, 7) is 4.23. The Bertz CT molecular complexity index is 786. The summed E-state index contributed by atoms with van der Waals surface area (Å²) < 4.78 is 13.4. The lowest BCUT2D eigenvalue weighted by Gasteiger charge is -2.06. The van der Waals surface area contributed by atoms with Crippen LogP contribution in [0.5, 0.6) is 0 Å². The molecule has 2 aromatic rings. The Morgan fingerprint density at radius 3 is 2.35 bits per heavy atom. The molecule has 26 heavy (non-hydrogen) atoms. The van der Waals surface area contributed by atoms with Gasteiger partial charge in [0, 0.05) is 12.8 Å². The van der Waals surface area contributed by atoms with E-state index in [0.717, 1.165) is 5.56 Å². The van der Waals surface area contributed by atoms with Gasteiger partial charge in [0.15, 0.2) is 0 Å². The molecule has 0 spiro atoms. The van der Waals surface area contributed by atoms with Crippen molar-refractivity contribution in [3.63, 3.8) is 0 Å². The molecule has 0 fully saturated rings. The van der Waals surface area contributed by atoms with E-state index in [0.29, 0.717) is 5.92 Å². The monoisotopic (exact) mass is 355 g/mol. The Balaban J connectivity index is 1.74. The molecule has 2 rings (SSSR count). The Labute approximate surface area is 152 Å². The zero-order chi connectivity index (χ0) is 18.9. The van der Waals surface area contributed by atoms with E-state index in [9.17, 15) is 14.0 Å². The van der Waals surface area contributed by atoms with Gasteiger partial charge in [-0.15, -0.1) is 0 Å². The van der Waals surface area contributed by atoms with Crippen molar-refractivity contribution in [1.82, 2.24) is 5.43 Å². The molecule has 0 aliphatic rings. The number of amides is 2. The van der Waals surface area contributed by atoms with Gasteiger partial charge >= 0.3 is 0 Å². The molecule has 5 nitrogen and oxygen atoms in total. The van der Waals surface area contributed by atoms with Crippen molar-refractivity contribution in [2.75, 3.05) is 5.32 Å². The maximum Gasteiger partial charge on any atom is 0.240 e.